The van der Waals surface area contributed by atoms with Crippen LogP contribution in [0.1, 0.15) is 11.1 Å². The average Bonchev–Trinajstić information content (AvgIpc) is 2.59. The lowest BCUT2D eigenvalue weighted by Crippen LogP contribution is -2.46. The molecule has 0 aliphatic rings. The quantitative estimate of drug-likeness (QED) is 0.400. The number of benzene rings is 2. The molecule has 0 spiro atoms. The van der Waals surface area contributed by atoms with E-state index in [1.54, 1.807) is 0 Å². The zero-order valence-corrected chi connectivity index (χ0v) is 16.0. The monoisotopic (exact) mass is 475 g/mol. The molecule has 15 heteroatoms. The number of nitrogens with zero attached hydrogens (tertiary/aromatic N) is 1. The Hall–Kier alpha value is -2.81. The van der Waals surface area contributed by atoms with Crippen LogP contribution in [0.3, 0.4) is 0 Å². The Balaban J connectivity index is 2.84. The number of halogens is 6. The van der Waals surface area contributed by atoms with E-state index in [9.17, 15) is 43.2 Å². The molecule has 0 unspecified atom stereocenters. The lowest BCUT2D eigenvalue weighted by molar-refractivity contribution is -0.140. The summed E-state index contributed by atoms with van der Waals surface area (Å²) in [5.41, 5.74) is 1.40. The maximum Gasteiger partial charge on any atom is 0.417 e. The first-order chi connectivity index (χ1) is 13.5. The Bertz CT molecular complexity index is 1100. The third-order valence-corrected chi connectivity index (χ3v) is 7.84. The molecule has 0 radical (unpaired) electrons. The molecule has 0 aliphatic carbocycles. The maximum atomic E-state index is 13.2. The number of nitrogens with two attached hydrogens (primary N) is 1. The van der Waals surface area contributed by atoms with Gasteiger partial charge in [-0.3, -0.25) is 5.41 Å². The summed E-state index contributed by atoms with van der Waals surface area (Å²) in [6, 6.07) is 4.70. The topological polar surface area (TPSA) is 121 Å². The van der Waals surface area contributed by atoms with Crippen LogP contribution in [0, 0.1) is 5.41 Å². The first-order valence-corrected chi connectivity index (χ1v) is 10.4. The van der Waals surface area contributed by atoms with E-state index in [2.05, 4.69) is 0 Å². The summed E-state index contributed by atoms with van der Waals surface area (Å²) in [7, 11) is -11.5. The number of guanidine groups is 1. The highest BCUT2D eigenvalue weighted by molar-refractivity contribution is 8.05. The van der Waals surface area contributed by atoms with Gasteiger partial charge in [-0.1, -0.05) is 24.3 Å². The molecule has 2 aromatic rings. The third-order valence-electron chi connectivity index (χ3n) is 3.57. The summed E-state index contributed by atoms with van der Waals surface area (Å²) >= 11 is 0. The summed E-state index contributed by atoms with van der Waals surface area (Å²) in [6.07, 6.45) is -10.5. The standard InChI is InChI=1S/C15H11F6N3O4S2/c16-14(17,18)9-5-1-3-7-11(9)29(25,26)24(13(22)23)30(27,28)12-8-4-2-6-10(12)15(19,20)21/h1-8H,(H3,22,23). The highest BCUT2D eigenvalue weighted by Gasteiger charge is 2.46. The van der Waals surface area contributed by atoms with Crippen LogP contribution in [0.2, 0.25) is 0 Å². The fourth-order valence-electron chi connectivity index (χ4n) is 2.42. The Morgan fingerprint density at radius 3 is 1.30 bits per heavy atom. The smallest absolute Gasteiger partial charge is 0.368 e. The Morgan fingerprint density at radius 2 is 1.03 bits per heavy atom. The summed E-state index contributed by atoms with van der Waals surface area (Å²) < 4.78 is 129. The zero-order valence-electron chi connectivity index (χ0n) is 14.4. The van der Waals surface area contributed by atoms with Gasteiger partial charge in [-0.2, -0.15) is 43.2 Å². The van der Waals surface area contributed by atoms with E-state index >= 15 is 0 Å². The van der Waals surface area contributed by atoms with Crippen LogP contribution >= 0.6 is 0 Å². The average molecular weight is 475 g/mol. The van der Waals surface area contributed by atoms with Crippen molar-refractivity contribution in [3.8, 4) is 0 Å². The van der Waals surface area contributed by atoms with E-state index in [1.165, 1.54) is 0 Å². The molecule has 0 saturated carbocycles. The molecule has 2 aromatic carbocycles. The predicted octanol–water partition coefficient (Wildman–Crippen LogP) is 3.00. The van der Waals surface area contributed by atoms with Crippen LogP contribution in [0.25, 0.3) is 0 Å². The largest absolute Gasteiger partial charge is 0.417 e. The summed E-state index contributed by atoms with van der Waals surface area (Å²) in [6.45, 7) is 0. The minimum atomic E-state index is -5.77. The summed E-state index contributed by atoms with van der Waals surface area (Å²) in [5, 5.41) is 7.30. The number of alkyl halides is 6. The van der Waals surface area contributed by atoms with Crippen LogP contribution < -0.4 is 5.73 Å². The minimum Gasteiger partial charge on any atom is -0.368 e. The molecule has 30 heavy (non-hydrogen) atoms. The van der Waals surface area contributed by atoms with Gasteiger partial charge in [-0.25, -0.2) is 0 Å². The van der Waals surface area contributed by atoms with Gasteiger partial charge in [-0.15, -0.1) is 3.71 Å². The normalized spacial score (nSPS) is 13.1. The number of hydrogen-bond acceptors (Lipinski definition) is 5. The van der Waals surface area contributed by atoms with E-state index < -0.39 is 63.0 Å². The van der Waals surface area contributed by atoms with Crippen molar-refractivity contribution >= 4 is 26.0 Å². The van der Waals surface area contributed by atoms with Gasteiger partial charge in [-0.05, 0) is 24.3 Å². The lowest BCUT2D eigenvalue weighted by atomic mass is 10.2. The van der Waals surface area contributed by atoms with Crippen molar-refractivity contribution in [2.24, 2.45) is 5.73 Å². The van der Waals surface area contributed by atoms with Crippen molar-refractivity contribution in [1.29, 1.82) is 5.41 Å². The van der Waals surface area contributed by atoms with Crippen molar-refractivity contribution < 1.29 is 43.2 Å². The SMILES string of the molecule is N=C(N)N(S(=O)(=O)c1ccccc1C(F)(F)F)S(=O)(=O)c1ccccc1C(F)(F)F. The van der Waals surface area contributed by atoms with Gasteiger partial charge in [0.15, 0.2) is 0 Å². The molecule has 0 fully saturated rings. The minimum absolute atomic E-state index is 0.321. The molecule has 0 heterocycles. The fourth-order valence-corrected chi connectivity index (χ4v) is 6.23. The van der Waals surface area contributed by atoms with Gasteiger partial charge in [0, 0.05) is 0 Å². The Morgan fingerprint density at radius 1 is 0.733 bits per heavy atom. The lowest BCUT2D eigenvalue weighted by Gasteiger charge is -2.25. The first-order valence-electron chi connectivity index (χ1n) is 7.49. The summed E-state index contributed by atoms with van der Waals surface area (Å²) in [4.78, 5) is -3.22. The molecule has 0 saturated heterocycles. The molecule has 2 rings (SSSR count). The molecule has 0 atom stereocenters. The predicted molar refractivity (Wildman–Crippen MR) is 91.0 cm³/mol. The zero-order chi connectivity index (χ0) is 23.1. The molecule has 0 bridgehead atoms. The number of hydrogen-bond donors (Lipinski definition) is 2. The molecule has 7 nitrogen and oxygen atoms in total. The van der Waals surface area contributed by atoms with Gasteiger partial charge in [0.1, 0.15) is 9.79 Å². The van der Waals surface area contributed by atoms with Crippen LogP contribution in [-0.2, 0) is 32.4 Å². The van der Waals surface area contributed by atoms with Gasteiger partial charge < -0.3 is 5.73 Å². The van der Waals surface area contributed by atoms with Crippen LogP contribution in [-0.4, -0.2) is 26.5 Å². The van der Waals surface area contributed by atoms with E-state index in [4.69, 9.17) is 11.1 Å². The second-order valence-corrected chi connectivity index (χ2v) is 9.32. The first kappa shape index (κ1) is 23.5. The van der Waals surface area contributed by atoms with E-state index in [0.29, 0.717) is 24.3 Å². The Kier molecular flexibility index (Phi) is 5.84. The molecular formula is C15H11F6N3O4S2. The molecule has 3 N–H and O–H groups in total. The van der Waals surface area contributed by atoms with Gasteiger partial charge >= 0.3 is 12.4 Å². The van der Waals surface area contributed by atoms with E-state index in [1.807, 2.05) is 0 Å². The van der Waals surface area contributed by atoms with Crippen molar-refractivity contribution in [3.05, 3.63) is 59.7 Å². The second-order valence-electron chi connectivity index (χ2n) is 5.58. The number of rotatable bonds is 4. The molecule has 164 valence electrons. The highest BCUT2D eigenvalue weighted by atomic mass is 32.3. The van der Waals surface area contributed by atoms with Crippen molar-refractivity contribution in [2.45, 2.75) is 22.1 Å². The molecule has 0 aromatic heterocycles. The third kappa shape index (κ3) is 4.21. The number of sulfonamides is 2. The van der Waals surface area contributed by atoms with Gasteiger partial charge in [0.05, 0.1) is 11.1 Å². The van der Waals surface area contributed by atoms with E-state index in [0.717, 1.165) is 24.3 Å². The van der Waals surface area contributed by atoms with Gasteiger partial charge in [0.2, 0.25) is 5.96 Å². The fraction of sp³-hybridized carbons (Fsp3) is 0.133. The number of nitrogens with one attached hydrogen (secondary N) is 1. The molecular weight excluding hydrogens is 464 g/mol. The van der Waals surface area contributed by atoms with Crippen molar-refractivity contribution in [3.63, 3.8) is 0 Å². The summed E-state index contributed by atoms with van der Waals surface area (Å²) in [5.74, 6) is -1.83. The van der Waals surface area contributed by atoms with Gasteiger partial charge in [0.25, 0.3) is 20.0 Å². The van der Waals surface area contributed by atoms with Crippen LogP contribution in [0.4, 0.5) is 26.3 Å². The van der Waals surface area contributed by atoms with Crippen LogP contribution in [0.5, 0.6) is 0 Å². The molecule has 0 aliphatic heterocycles. The van der Waals surface area contributed by atoms with Crippen molar-refractivity contribution in [2.75, 3.05) is 0 Å². The highest BCUT2D eigenvalue weighted by Crippen LogP contribution is 2.39. The Labute approximate surface area is 166 Å². The van der Waals surface area contributed by atoms with Crippen LogP contribution in [0.15, 0.2) is 58.3 Å². The maximum absolute atomic E-state index is 13.2. The second kappa shape index (κ2) is 7.46. The van der Waals surface area contributed by atoms with Crippen molar-refractivity contribution in [1.82, 2.24) is 3.71 Å². The molecule has 0 amide bonds. The van der Waals surface area contributed by atoms with E-state index in [-0.39, 0.29) is 0 Å².